The largest absolute Gasteiger partial charge is 0.494 e. The number of ether oxygens (including phenoxy) is 1. The lowest BCUT2D eigenvalue weighted by Gasteiger charge is -2.07. The first-order valence-corrected chi connectivity index (χ1v) is 9.02. The molecule has 8 nitrogen and oxygen atoms in total. The number of para-hydroxylation sites is 1. The van der Waals surface area contributed by atoms with Gasteiger partial charge in [0.25, 0.3) is 0 Å². The quantitative estimate of drug-likeness (QED) is 0.431. The molecule has 0 aliphatic rings. The number of aromatic nitrogens is 3. The molecule has 0 aliphatic carbocycles. The van der Waals surface area contributed by atoms with E-state index in [0.29, 0.717) is 27.0 Å². The van der Waals surface area contributed by atoms with Crippen molar-refractivity contribution in [2.45, 2.75) is 6.23 Å². The summed E-state index contributed by atoms with van der Waals surface area (Å²) in [6.45, 7) is 0. The van der Waals surface area contributed by atoms with Crippen LogP contribution in [0.5, 0.6) is 5.75 Å². The number of halogens is 1. The highest BCUT2D eigenvalue weighted by molar-refractivity contribution is 7.22. The van der Waals surface area contributed by atoms with Crippen molar-refractivity contribution in [3.63, 3.8) is 0 Å². The zero-order valence-corrected chi connectivity index (χ0v) is 15.6. The average Bonchev–Trinajstić information content (AvgIpc) is 3.28. The number of hydrogen-bond acceptors (Lipinski definition) is 9. The Morgan fingerprint density at radius 2 is 2.15 bits per heavy atom. The Labute approximate surface area is 162 Å². The van der Waals surface area contributed by atoms with Gasteiger partial charge in [0, 0.05) is 16.1 Å². The summed E-state index contributed by atoms with van der Waals surface area (Å²) >= 11 is 7.46. The number of aliphatic hydroxyl groups is 1. The van der Waals surface area contributed by atoms with E-state index in [1.165, 1.54) is 11.3 Å². The second-order valence-electron chi connectivity index (χ2n) is 5.54. The summed E-state index contributed by atoms with van der Waals surface area (Å²) in [7, 11) is 1.60. The molecule has 0 saturated heterocycles. The minimum absolute atomic E-state index is 0.188. The molecule has 4 aromatic rings. The van der Waals surface area contributed by atoms with Gasteiger partial charge in [-0.05, 0) is 30.3 Å². The van der Waals surface area contributed by atoms with Crippen molar-refractivity contribution < 1.29 is 14.3 Å². The SMILES string of the molecule is COc1cccc2sc(Nc3nnc(-c4ccc(Cl)c(C(N)O)c4)o3)nc12. The summed E-state index contributed by atoms with van der Waals surface area (Å²) < 4.78 is 11.9. The van der Waals surface area contributed by atoms with E-state index in [1.54, 1.807) is 25.3 Å². The molecule has 0 amide bonds. The van der Waals surface area contributed by atoms with E-state index in [2.05, 4.69) is 20.5 Å². The molecule has 10 heteroatoms. The number of nitrogens with zero attached hydrogens (tertiary/aromatic N) is 3. The molecule has 0 radical (unpaired) electrons. The third-order valence-electron chi connectivity index (χ3n) is 3.80. The van der Waals surface area contributed by atoms with Crippen molar-refractivity contribution in [3.8, 4) is 17.2 Å². The monoisotopic (exact) mass is 403 g/mol. The maximum absolute atomic E-state index is 9.59. The summed E-state index contributed by atoms with van der Waals surface area (Å²) in [5.74, 6) is 0.951. The number of aliphatic hydroxyl groups excluding tert-OH is 1. The minimum atomic E-state index is -1.20. The normalized spacial score (nSPS) is 12.3. The highest BCUT2D eigenvalue weighted by atomic mass is 35.5. The summed E-state index contributed by atoms with van der Waals surface area (Å²) in [6, 6.07) is 10.8. The molecule has 27 heavy (non-hydrogen) atoms. The number of thiazole rings is 1. The van der Waals surface area contributed by atoms with Crippen molar-refractivity contribution >= 4 is 44.3 Å². The van der Waals surface area contributed by atoms with Crippen molar-refractivity contribution in [1.82, 2.24) is 15.2 Å². The molecule has 2 aromatic carbocycles. The van der Waals surface area contributed by atoms with E-state index in [4.69, 9.17) is 26.5 Å². The fourth-order valence-electron chi connectivity index (χ4n) is 2.53. The second kappa shape index (κ2) is 7.12. The molecule has 0 spiro atoms. The second-order valence-corrected chi connectivity index (χ2v) is 6.98. The lowest BCUT2D eigenvalue weighted by Crippen LogP contribution is -2.09. The highest BCUT2D eigenvalue weighted by Crippen LogP contribution is 2.34. The molecule has 0 saturated carbocycles. The Balaban J connectivity index is 1.61. The predicted molar refractivity (Wildman–Crippen MR) is 103 cm³/mol. The van der Waals surface area contributed by atoms with Crippen LogP contribution >= 0.6 is 22.9 Å². The molecular formula is C17H14ClN5O3S. The Morgan fingerprint density at radius 3 is 2.93 bits per heavy atom. The van der Waals surface area contributed by atoms with Gasteiger partial charge in [0.1, 0.15) is 17.5 Å². The van der Waals surface area contributed by atoms with Gasteiger partial charge in [0.15, 0.2) is 5.13 Å². The molecule has 4 N–H and O–H groups in total. The van der Waals surface area contributed by atoms with Gasteiger partial charge in [-0.3, -0.25) is 5.32 Å². The Hall–Kier alpha value is -2.72. The Morgan fingerprint density at radius 1 is 1.30 bits per heavy atom. The van der Waals surface area contributed by atoms with E-state index in [0.717, 1.165) is 10.2 Å². The molecule has 2 aromatic heterocycles. The minimum Gasteiger partial charge on any atom is -0.494 e. The number of hydrogen-bond donors (Lipinski definition) is 3. The first kappa shape index (κ1) is 17.7. The summed E-state index contributed by atoms with van der Waals surface area (Å²) in [6.07, 6.45) is -1.20. The van der Waals surface area contributed by atoms with Crippen molar-refractivity contribution in [3.05, 3.63) is 47.0 Å². The van der Waals surface area contributed by atoms with Crippen LogP contribution in [0.1, 0.15) is 11.8 Å². The fraction of sp³-hybridized carbons (Fsp3) is 0.118. The summed E-state index contributed by atoms with van der Waals surface area (Å²) in [4.78, 5) is 4.50. The van der Waals surface area contributed by atoms with Crippen LogP contribution in [0.3, 0.4) is 0 Å². The molecule has 0 aliphatic heterocycles. The maximum atomic E-state index is 9.59. The molecule has 0 bridgehead atoms. The molecule has 0 fully saturated rings. The van der Waals surface area contributed by atoms with Crippen LogP contribution in [0.25, 0.3) is 21.7 Å². The van der Waals surface area contributed by atoms with Crippen LogP contribution in [-0.2, 0) is 0 Å². The molecular weight excluding hydrogens is 390 g/mol. The molecule has 2 heterocycles. The molecule has 138 valence electrons. The Bertz CT molecular complexity index is 1110. The first-order valence-electron chi connectivity index (χ1n) is 7.82. The van der Waals surface area contributed by atoms with Crippen molar-refractivity contribution in [2.24, 2.45) is 5.73 Å². The van der Waals surface area contributed by atoms with Gasteiger partial charge in [-0.15, -0.1) is 5.10 Å². The van der Waals surface area contributed by atoms with Gasteiger partial charge in [-0.2, -0.15) is 0 Å². The number of anilines is 2. The highest BCUT2D eigenvalue weighted by Gasteiger charge is 2.15. The summed E-state index contributed by atoms with van der Waals surface area (Å²) in [5, 5.41) is 21.5. The fourth-order valence-corrected chi connectivity index (χ4v) is 3.63. The van der Waals surface area contributed by atoms with Crippen LogP contribution in [0.2, 0.25) is 5.02 Å². The number of nitrogens with two attached hydrogens (primary N) is 1. The van der Waals surface area contributed by atoms with E-state index in [1.807, 2.05) is 18.2 Å². The van der Waals surface area contributed by atoms with Gasteiger partial charge in [0.2, 0.25) is 5.89 Å². The first-order chi connectivity index (χ1) is 13.0. The van der Waals surface area contributed by atoms with Gasteiger partial charge in [-0.25, -0.2) is 4.98 Å². The molecule has 4 rings (SSSR count). The third-order valence-corrected chi connectivity index (χ3v) is 5.08. The van der Waals surface area contributed by atoms with Crippen LogP contribution in [0, 0.1) is 0 Å². The van der Waals surface area contributed by atoms with Crippen LogP contribution < -0.4 is 15.8 Å². The zero-order chi connectivity index (χ0) is 19.0. The zero-order valence-electron chi connectivity index (χ0n) is 14.0. The van der Waals surface area contributed by atoms with E-state index in [9.17, 15) is 5.11 Å². The summed E-state index contributed by atoms with van der Waals surface area (Å²) in [5.41, 5.74) is 7.22. The maximum Gasteiger partial charge on any atom is 0.322 e. The van der Waals surface area contributed by atoms with E-state index in [-0.39, 0.29) is 11.9 Å². The predicted octanol–water partition coefficient (Wildman–Crippen LogP) is 3.70. The molecule has 1 unspecified atom stereocenters. The Kier molecular flexibility index (Phi) is 4.66. The van der Waals surface area contributed by atoms with Crippen molar-refractivity contribution in [2.75, 3.05) is 12.4 Å². The van der Waals surface area contributed by atoms with Crippen LogP contribution in [0.15, 0.2) is 40.8 Å². The number of fused-ring (bicyclic) bond motifs is 1. The number of rotatable bonds is 5. The third kappa shape index (κ3) is 3.45. The average molecular weight is 404 g/mol. The smallest absolute Gasteiger partial charge is 0.322 e. The standard InChI is InChI=1S/C17H14ClN5O3S/c1-25-11-3-2-4-12-13(11)20-17(27-12)21-16-23-22-15(26-16)8-5-6-10(18)9(7-8)14(19)24/h2-7,14,24H,19H2,1H3,(H,20,21,23). The number of nitrogens with one attached hydrogen (secondary N) is 1. The lowest BCUT2D eigenvalue weighted by atomic mass is 10.1. The van der Waals surface area contributed by atoms with Crippen molar-refractivity contribution in [1.29, 1.82) is 0 Å². The molecule has 1 atom stereocenters. The van der Waals surface area contributed by atoms with Gasteiger partial charge < -0.3 is 20.0 Å². The van der Waals surface area contributed by atoms with Gasteiger partial charge >= 0.3 is 6.01 Å². The number of benzene rings is 2. The van der Waals surface area contributed by atoms with Crippen LogP contribution in [0.4, 0.5) is 11.1 Å². The van der Waals surface area contributed by atoms with E-state index >= 15 is 0 Å². The number of methoxy groups -OCH3 is 1. The van der Waals surface area contributed by atoms with Crippen LogP contribution in [-0.4, -0.2) is 27.4 Å². The van der Waals surface area contributed by atoms with Gasteiger partial charge in [-0.1, -0.05) is 34.1 Å². The van der Waals surface area contributed by atoms with E-state index < -0.39 is 6.23 Å². The topological polar surface area (TPSA) is 119 Å². The lowest BCUT2D eigenvalue weighted by molar-refractivity contribution is 0.186. The van der Waals surface area contributed by atoms with Gasteiger partial charge in [0.05, 0.1) is 11.8 Å².